The number of nitrogens with zero attached hydrogens (tertiary/aromatic N) is 2. The standard InChI is InChI=1S/C15H12BrN3S/c16-11-4-2-10(3-5-11)12-8-14-19(6-1-7-20-14)15(18)13(12)9-17/h2-5,8,18H,1,6-7H2/p+1. The van der Waals surface area contributed by atoms with E-state index in [1.54, 1.807) is 11.8 Å². The van der Waals surface area contributed by atoms with Crippen LogP contribution in [0.5, 0.6) is 0 Å². The first-order chi connectivity index (χ1) is 9.70. The van der Waals surface area contributed by atoms with Gasteiger partial charge >= 0.3 is 0 Å². The average Bonchev–Trinajstić information content (AvgIpc) is 2.48. The third-order valence-electron chi connectivity index (χ3n) is 3.39. The molecule has 2 aromatic rings. The SMILES string of the molecule is N#Cc1c(-c2ccc(Br)cc2)cc2[n+](c1N)CCCS2. The first kappa shape index (κ1) is 13.5. The van der Waals surface area contributed by atoms with E-state index in [-0.39, 0.29) is 0 Å². The Morgan fingerprint density at radius 2 is 2.05 bits per heavy atom. The van der Waals surface area contributed by atoms with Crippen molar-refractivity contribution in [1.82, 2.24) is 0 Å². The number of hydrogen-bond donors (Lipinski definition) is 1. The zero-order valence-electron chi connectivity index (χ0n) is 10.8. The second-order valence-electron chi connectivity index (χ2n) is 4.63. The van der Waals surface area contributed by atoms with Crippen molar-refractivity contribution in [2.24, 2.45) is 0 Å². The normalized spacial score (nSPS) is 13.6. The van der Waals surface area contributed by atoms with Crippen molar-refractivity contribution in [2.75, 3.05) is 11.5 Å². The number of benzene rings is 1. The smallest absolute Gasteiger partial charge is 0.286 e. The lowest BCUT2D eigenvalue weighted by atomic mass is 10.0. The molecule has 3 nitrogen and oxygen atoms in total. The van der Waals surface area contributed by atoms with Crippen molar-refractivity contribution in [1.29, 1.82) is 5.26 Å². The fourth-order valence-corrected chi connectivity index (χ4v) is 3.68. The Morgan fingerprint density at radius 3 is 2.75 bits per heavy atom. The highest BCUT2D eigenvalue weighted by molar-refractivity contribution is 9.10. The maximum atomic E-state index is 9.46. The minimum atomic E-state index is 0.568. The van der Waals surface area contributed by atoms with Gasteiger partial charge in [-0.15, -0.1) is 0 Å². The first-order valence-corrected chi connectivity index (χ1v) is 8.13. The van der Waals surface area contributed by atoms with E-state index >= 15 is 0 Å². The van der Waals surface area contributed by atoms with Crippen LogP contribution in [-0.2, 0) is 6.54 Å². The first-order valence-electron chi connectivity index (χ1n) is 6.36. The number of halogens is 1. The van der Waals surface area contributed by atoms with Gasteiger partial charge in [0, 0.05) is 21.9 Å². The van der Waals surface area contributed by atoms with Gasteiger partial charge in [0.2, 0.25) is 0 Å². The quantitative estimate of drug-likeness (QED) is 0.805. The molecule has 0 bridgehead atoms. The Bertz CT molecular complexity index is 705. The molecule has 0 radical (unpaired) electrons. The summed E-state index contributed by atoms with van der Waals surface area (Å²) in [5, 5.41) is 10.6. The summed E-state index contributed by atoms with van der Waals surface area (Å²) >= 11 is 5.23. The molecule has 1 aromatic carbocycles. The van der Waals surface area contributed by atoms with E-state index in [0.717, 1.165) is 39.3 Å². The number of rotatable bonds is 1. The number of nitriles is 1. The van der Waals surface area contributed by atoms with Gasteiger partial charge in [0.05, 0.1) is 6.54 Å². The summed E-state index contributed by atoms with van der Waals surface area (Å²) in [6, 6.07) is 12.3. The zero-order chi connectivity index (χ0) is 14.1. The second kappa shape index (κ2) is 5.47. The van der Waals surface area contributed by atoms with E-state index in [1.807, 2.05) is 24.3 Å². The minimum Gasteiger partial charge on any atom is -0.286 e. The predicted molar refractivity (Wildman–Crippen MR) is 84.2 cm³/mol. The number of nitrogens with two attached hydrogens (primary N) is 1. The summed E-state index contributed by atoms with van der Waals surface area (Å²) in [6.07, 6.45) is 1.09. The Kier molecular flexibility index (Phi) is 3.68. The van der Waals surface area contributed by atoms with Crippen LogP contribution in [-0.4, -0.2) is 5.75 Å². The Morgan fingerprint density at radius 1 is 1.30 bits per heavy atom. The highest BCUT2D eigenvalue weighted by Gasteiger charge is 2.24. The van der Waals surface area contributed by atoms with Crippen LogP contribution in [0.2, 0.25) is 0 Å². The zero-order valence-corrected chi connectivity index (χ0v) is 13.2. The molecule has 0 unspecified atom stereocenters. The molecular formula is C15H13BrN3S+. The topological polar surface area (TPSA) is 53.7 Å². The average molecular weight is 347 g/mol. The molecule has 0 fully saturated rings. The van der Waals surface area contributed by atoms with Crippen molar-refractivity contribution >= 4 is 33.5 Å². The fraction of sp³-hybridized carbons (Fsp3) is 0.200. The molecule has 0 saturated heterocycles. The minimum absolute atomic E-state index is 0.568. The molecule has 2 N–H and O–H groups in total. The van der Waals surface area contributed by atoms with Crippen LogP contribution in [0.25, 0.3) is 11.1 Å². The van der Waals surface area contributed by atoms with E-state index in [9.17, 15) is 5.26 Å². The van der Waals surface area contributed by atoms with Crippen LogP contribution >= 0.6 is 27.7 Å². The highest BCUT2D eigenvalue weighted by atomic mass is 79.9. The van der Waals surface area contributed by atoms with E-state index in [1.165, 1.54) is 0 Å². The van der Waals surface area contributed by atoms with Crippen molar-refractivity contribution in [3.05, 3.63) is 40.4 Å². The number of nitrogen functional groups attached to an aromatic ring is 1. The number of fused-ring (bicyclic) bond motifs is 1. The molecule has 3 rings (SSSR count). The van der Waals surface area contributed by atoms with E-state index in [2.05, 4.69) is 32.6 Å². The van der Waals surface area contributed by atoms with Crippen LogP contribution in [0.4, 0.5) is 5.82 Å². The van der Waals surface area contributed by atoms with Crippen molar-refractivity contribution < 1.29 is 4.57 Å². The fourth-order valence-electron chi connectivity index (χ4n) is 2.39. The monoisotopic (exact) mass is 346 g/mol. The number of aromatic nitrogens is 1. The molecule has 100 valence electrons. The predicted octanol–water partition coefficient (Wildman–Crippen LogP) is 3.35. The van der Waals surface area contributed by atoms with Crippen LogP contribution in [0.3, 0.4) is 0 Å². The molecule has 1 aromatic heterocycles. The van der Waals surface area contributed by atoms with Gasteiger partial charge in [-0.1, -0.05) is 39.8 Å². The van der Waals surface area contributed by atoms with Gasteiger partial charge in [-0.25, -0.2) is 4.57 Å². The maximum Gasteiger partial charge on any atom is 0.292 e. The summed E-state index contributed by atoms with van der Waals surface area (Å²) in [7, 11) is 0. The molecule has 2 heterocycles. The lowest BCUT2D eigenvalue weighted by Crippen LogP contribution is -2.43. The van der Waals surface area contributed by atoms with Gasteiger partial charge in [-0.2, -0.15) is 5.26 Å². The third kappa shape index (κ3) is 2.30. The van der Waals surface area contributed by atoms with Gasteiger partial charge in [-0.05, 0) is 24.1 Å². The molecule has 0 amide bonds. The molecular weight excluding hydrogens is 334 g/mol. The summed E-state index contributed by atoms with van der Waals surface area (Å²) < 4.78 is 3.07. The molecule has 1 aliphatic rings. The largest absolute Gasteiger partial charge is 0.292 e. The molecule has 5 heteroatoms. The van der Waals surface area contributed by atoms with Gasteiger partial charge in [0.15, 0.2) is 5.03 Å². The van der Waals surface area contributed by atoms with Crippen molar-refractivity contribution in [3.8, 4) is 17.2 Å². The van der Waals surface area contributed by atoms with E-state index in [0.29, 0.717) is 11.4 Å². The molecule has 0 aliphatic carbocycles. The lowest BCUT2D eigenvalue weighted by Gasteiger charge is -2.17. The van der Waals surface area contributed by atoms with E-state index < -0.39 is 0 Å². The van der Waals surface area contributed by atoms with Crippen molar-refractivity contribution in [3.63, 3.8) is 0 Å². The number of hydrogen-bond acceptors (Lipinski definition) is 3. The van der Waals surface area contributed by atoms with Gasteiger partial charge in [-0.3, -0.25) is 5.73 Å². The summed E-state index contributed by atoms with van der Waals surface area (Å²) in [5.74, 6) is 1.68. The van der Waals surface area contributed by atoms with Gasteiger partial charge in [0.25, 0.3) is 5.82 Å². The number of pyridine rings is 1. The third-order valence-corrected chi connectivity index (χ3v) is 5.05. The van der Waals surface area contributed by atoms with Crippen LogP contribution < -0.4 is 10.3 Å². The molecule has 20 heavy (non-hydrogen) atoms. The van der Waals surface area contributed by atoms with E-state index in [4.69, 9.17) is 5.73 Å². The Labute approximate surface area is 130 Å². The molecule has 0 saturated carbocycles. The van der Waals surface area contributed by atoms with Gasteiger partial charge in [0.1, 0.15) is 11.6 Å². The Hall–Kier alpha value is -1.51. The highest BCUT2D eigenvalue weighted by Crippen LogP contribution is 2.32. The number of thioether (sulfide) groups is 1. The second-order valence-corrected chi connectivity index (χ2v) is 6.66. The van der Waals surface area contributed by atoms with Crippen LogP contribution in [0.1, 0.15) is 12.0 Å². The molecule has 0 atom stereocenters. The summed E-state index contributed by atoms with van der Waals surface area (Å²) in [6.45, 7) is 0.892. The van der Waals surface area contributed by atoms with Crippen LogP contribution in [0, 0.1) is 11.3 Å². The van der Waals surface area contributed by atoms with Crippen LogP contribution in [0.15, 0.2) is 39.8 Å². The summed E-state index contributed by atoms with van der Waals surface area (Å²) in [4.78, 5) is 0. The maximum absolute atomic E-state index is 9.46. The molecule has 1 aliphatic heterocycles. The Balaban J connectivity index is 2.22. The lowest BCUT2D eigenvalue weighted by molar-refractivity contribution is -0.720. The number of anilines is 1. The molecule has 0 spiro atoms. The van der Waals surface area contributed by atoms with Gasteiger partial charge < -0.3 is 0 Å². The van der Waals surface area contributed by atoms with Crippen molar-refractivity contribution in [2.45, 2.75) is 18.0 Å². The summed E-state index contributed by atoms with van der Waals surface area (Å²) in [5.41, 5.74) is 8.70.